The zero-order valence-corrected chi connectivity index (χ0v) is 7.97. The lowest BCUT2D eigenvalue weighted by Crippen LogP contribution is -1.92. The second-order valence-electron chi connectivity index (χ2n) is 2.75. The number of rotatable bonds is 3. The molecule has 2 aromatic rings. The van der Waals surface area contributed by atoms with Crippen molar-refractivity contribution in [3.8, 4) is 17.4 Å². The lowest BCUT2D eigenvalue weighted by Gasteiger charge is -1.99. The molecule has 0 aromatic carbocycles. The summed E-state index contributed by atoms with van der Waals surface area (Å²) in [6.07, 6.45) is 3.50. The number of aldehydes is 1. The van der Waals surface area contributed by atoms with Gasteiger partial charge in [0.2, 0.25) is 5.88 Å². The van der Waals surface area contributed by atoms with Gasteiger partial charge >= 0.3 is 0 Å². The van der Waals surface area contributed by atoms with E-state index in [1.807, 2.05) is 0 Å². The molecule has 0 spiro atoms. The van der Waals surface area contributed by atoms with Gasteiger partial charge in [0.25, 0.3) is 0 Å². The Morgan fingerprint density at radius 2 is 2.27 bits per heavy atom. The topological polar surface area (TPSA) is 80.8 Å². The molecule has 2 heterocycles. The molecule has 0 amide bonds. The number of nitrogens with one attached hydrogen (secondary N) is 1. The van der Waals surface area contributed by atoms with Crippen LogP contribution in [-0.2, 0) is 0 Å². The van der Waals surface area contributed by atoms with Crippen LogP contribution in [0.2, 0.25) is 0 Å². The standard InChI is InChI=1S/C9H8N4O2/c1-15-8-2-7(11-5-12-8)9-10-3-6(4-14)13-9/h2-5H,1H3,(H,10,13). The Kier molecular flexibility index (Phi) is 2.40. The molecule has 0 saturated carbocycles. The van der Waals surface area contributed by atoms with Crippen LogP contribution in [0.4, 0.5) is 0 Å². The number of carbonyl (C=O) groups is 1. The molecule has 0 aliphatic rings. The molecular weight excluding hydrogens is 196 g/mol. The molecule has 0 atom stereocenters. The number of nitrogens with zero attached hydrogens (tertiary/aromatic N) is 3. The molecule has 0 aliphatic heterocycles. The van der Waals surface area contributed by atoms with E-state index in [9.17, 15) is 4.79 Å². The summed E-state index contributed by atoms with van der Waals surface area (Å²) in [6, 6.07) is 1.63. The first-order chi connectivity index (χ1) is 7.33. The molecule has 0 fully saturated rings. The number of imidazole rings is 1. The monoisotopic (exact) mass is 204 g/mol. The fourth-order valence-electron chi connectivity index (χ4n) is 1.11. The second kappa shape index (κ2) is 3.87. The Morgan fingerprint density at radius 1 is 1.40 bits per heavy atom. The molecule has 2 rings (SSSR count). The number of hydrogen-bond donors (Lipinski definition) is 1. The van der Waals surface area contributed by atoms with Crippen molar-refractivity contribution in [2.45, 2.75) is 0 Å². The first-order valence-corrected chi connectivity index (χ1v) is 4.20. The van der Waals surface area contributed by atoms with Gasteiger partial charge in [0, 0.05) is 6.07 Å². The minimum atomic E-state index is 0.405. The number of aromatic nitrogens is 4. The van der Waals surface area contributed by atoms with E-state index in [2.05, 4.69) is 19.9 Å². The summed E-state index contributed by atoms with van der Waals surface area (Å²) in [4.78, 5) is 25.1. The summed E-state index contributed by atoms with van der Waals surface area (Å²) in [5.41, 5.74) is 0.984. The molecule has 0 bridgehead atoms. The number of H-pyrrole nitrogens is 1. The van der Waals surface area contributed by atoms with Crippen LogP contribution < -0.4 is 4.74 Å². The van der Waals surface area contributed by atoms with Gasteiger partial charge in [-0.15, -0.1) is 0 Å². The van der Waals surface area contributed by atoms with Gasteiger partial charge in [0.15, 0.2) is 12.1 Å². The number of methoxy groups -OCH3 is 1. The smallest absolute Gasteiger partial charge is 0.216 e. The van der Waals surface area contributed by atoms with Crippen LogP contribution in [0.5, 0.6) is 5.88 Å². The molecule has 15 heavy (non-hydrogen) atoms. The fraction of sp³-hybridized carbons (Fsp3) is 0.111. The van der Waals surface area contributed by atoms with Gasteiger partial charge in [0.1, 0.15) is 12.0 Å². The van der Waals surface area contributed by atoms with Crippen LogP contribution in [0.1, 0.15) is 10.5 Å². The van der Waals surface area contributed by atoms with Crippen molar-refractivity contribution in [3.63, 3.8) is 0 Å². The Morgan fingerprint density at radius 3 is 2.93 bits per heavy atom. The second-order valence-corrected chi connectivity index (χ2v) is 2.75. The zero-order chi connectivity index (χ0) is 10.7. The highest BCUT2D eigenvalue weighted by Crippen LogP contribution is 2.15. The molecule has 0 radical (unpaired) electrons. The highest BCUT2D eigenvalue weighted by molar-refractivity contribution is 5.72. The minimum Gasteiger partial charge on any atom is -0.481 e. The summed E-state index contributed by atoms with van der Waals surface area (Å²) in [6.45, 7) is 0. The third-order valence-electron chi connectivity index (χ3n) is 1.82. The summed E-state index contributed by atoms with van der Waals surface area (Å²) in [5.74, 6) is 0.960. The van der Waals surface area contributed by atoms with E-state index in [0.717, 1.165) is 0 Å². The Hall–Kier alpha value is -2.24. The van der Waals surface area contributed by atoms with Crippen molar-refractivity contribution in [3.05, 3.63) is 24.3 Å². The summed E-state index contributed by atoms with van der Waals surface area (Å²) in [7, 11) is 1.52. The summed E-state index contributed by atoms with van der Waals surface area (Å²) >= 11 is 0. The van der Waals surface area contributed by atoms with Crippen LogP contribution in [-0.4, -0.2) is 33.3 Å². The molecule has 0 unspecified atom stereocenters. The fourth-order valence-corrected chi connectivity index (χ4v) is 1.11. The van der Waals surface area contributed by atoms with E-state index in [1.165, 1.54) is 19.6 Å². The van der Waals surface area contributed by atoms with Crippen LogP contribution in [0.15, 0.2) is 18.6 Å². The van der Waals surface area contributed by atoms with Gasteiger partial charge in [-0.2, -0.15) is 0 Å². The molecule has 2 aromatic heterocycles. The quantitative estimate of drug-likeness (QED) is 0.744. The number of aromatic amines is 1. The lowest BCUT2D eigenvalue weighted by atomic mass is 10.4. The predicted molar refractivity (Wildman–Crippen MR) is 51.6 cm³/mol. The van der Waals surface area contributed by atoms with E-state index >= 15 is 0 Å². The molecule has 6 nitrogen and oxygen atoms in total. The Bertz CT molecular complexity index is 480. The number of carbonyl (C=O) groups excluding carboxylic acids is 1. The third kappa shape index (κ3) is 1.83. The van der Waals surface area contributed by atoms with Gasteiger partial charge in [-0.1, -0.05) is 0 Å². The van der Waals surface area contributed by atoms with Crippen molar-refractivity contribution in [2.75, 3.05) is 7.11 Å². The zero-order valence-electron chi connectivity index (χ0n) is 7.97. The maximum Gasteiger partial charge on any atom is 0.216 e. The normalized spacial score (nSPS) is 9.93. The average Bonchev–Trinajstić information content (AvgIpc) is 2.78. The predicted octanol–water partition coefficient (Wildman–Crippen LogP) is 0.688. The first-order valence-electron chi connectivity index (χ1n) is 4.20. The van der Waals surface area contributed by atoms with Crippen molar-refractivity contribution in [1.82, 2.24) is 19.9 Å². The van der Waals surface area contributed by atoms with Crippen LogP contribution in [0.3, 0.4) is 0 Å². The SMILES string of the molecule is COc1cc(-c2ncc(C=O)[nH]2)ncn1. The van der Waals surface area contributed by atoms with Crippen molar-refractivity contribution in [1.29, 1.82) is 0 Å². The molecule has 76 valence electrons. The highest BCUT2D eigenvalue weighted by Gasteiger charge is 2.05. The molecule has 0 aliphatic carbocycles. The van der Waals surface area contributed by atoms with Gasteiger partial charge in [-0.3, -0.25) is 4.79 Å². The maximum absolute atomic E-state index is 10.4. The summed E-state index contributed by atoms with van der Waals surface area (Å²) < 4.78 is 4.95. The van der Waals surface area contributed by atoms with Crippen LogP contribution >= 0.6 is 0 Å². The molecular formula is C9H8N4O2. The Labute approximate surface area is 85.4 Å². The lowest BCUT2D eigenvalue weighted by molar-refractivity contribution is 0.111. The molecule has 0 saturated heterocycles. The van der Waals surface area contributed by atoms with Crippen molar-refractivity contribution in [2.24, 2.45) is 0 Å². The number of hydrogen-bond acceptors (Lipinski definition) is 5. The van der Waals surface area contributed by atoms with Crippen LogP contribution in [0, 0.1) is 0 Å². The van der Waals surface area contributed by atoms with E-state index in [0.29, 0.717) is 29.4 Å². The van der Waals surface area contributed by atoms with Crippen molar-refractivity contribution >= 4 is 6.29 Å². The van der Waals surface area contributed by atoms with Gasteiger partial charge < -0.3 is 9.72 Å². The first kappa shape index (κ1) is 9.32. The van der Waals surface area contributed by atoms with E-state index in [1.54, 1.807) is 6.07 Å². The Balaban J connectivity index is 2.39. The van der Waals surface area contributed by atoms with Crippen LogP contribution in [0.25, 0.3) is 11.5 Å². The van der Waals surface area contributed by atoms with E-state index < -0.39 is 0 Å². The van der Waals surface area contributed by atoms with Gasteiger partial charge in [-0.25, -0.2) is 15.0 Å². The van der Waals surface area contributed by atoms with Gasteiger partial charge in [0.05, 0.1) is 19.0 Å². The largest absolute Gasteiger partial charge is 0.481 e. The van der Waals surface area contributed by atoms with Gasteiger partial charge in [-0.05, 0) is 0 Å². The minimum absolute atomic E-state index is 0.405. The third-order valence-corrected chi connectivity index (χ3v) is 1.82. The van der Waals surface area contributed by atoms with E-state index in [-0.39, 0.29) is 0 Å². The maximum atomic E-state index is 10.4. The number of ether oxygens (including phenoxy) is 1. The highest BCUT2D eigenvalue weighted by atomic mass is 16.5. The summed E-state index contributed by atoms with van der Waals surface area (Å²) in [5, 5.41) is 0. The average molecular weight is 204 g/mol. The van der Waals surface area contributed by atoms with Crippen molar-refractivity contribution < 1.29 is 9.53 Å². The molecule has 6 heteroatoms. The molecule has 1 N–H and O–H groups in total. The van der Waals surface area contributed by atoms with E-state index in [4.69, 9.17) is 4.74 Å².